The molecular weight excluding hydrogens is 366 g/mol. The Morgan fingerprint density at radius 3 is 2.23 bits per heavy atom. The minimum absolute atomic E-state index is 0.146. The summed E-state index contributed by atoms with van der Waals surface area (Å²) < 4.78 is 12.0. The molecule has 1 saturated heterocycles. The van der Waals surface area contributed by atoms with E-state index in [2.05, 4.69) is 12.2 Å². The van der Waals surface area contributed by atoms with E-state index in [1.54, 1.807) is 0 Å². The van der Waals surface area contributed by atoms with Gasteiger partial charge in [-0.3, -0.25) is 4.79 Å². The summed E-state index contributed by atoms with van der Waals surface area (Å²) in [6.45, 7) is 3.25. The molecule has 0 bridgehead atoms. The van der Waals surface area contributed by atoms with Gasteiger partial charge in [-0.15, -0.1) is 0 Å². The Morgan fingerprint density at radius 2 is 1.65 bits per heavy atom. The van der Waals surface area contributed by atoms with Crippen LogP contribution in [0.4, 0.5) is 0 Å². The first-order chi connectivity index (χ1) is 12.6. The van der Waals surface area contributed by atoms with Crippen LogP contribution in [-0.2, 0) is 4.79 Å². The van der Waals surface area contributed by atoms with Crippen molar-refractivity contribution >= 4 is 40.3 Å². The van der Waals surface area contributed by atoms with Gasteiger partial charge in [0, 0.05) is 5.92 Å². The quantitative estimate of drug-likeness (QED) is 0.570. The van der Waals surface area contributed by atoms with Crippen LogP contribution in [0.1, 0.15) is 12.5 Å². The van der Waals surface area contributed by atoms with E-state index in [0.29, 0.717) is 22.4 Å². The average molecular weight is 386 g/mol. The van der Waals surface area contributed by atoms with Crippen LogP contribution in [-0.4, -0.2) is 23.4 Å². The molecule has 1 fully saturated rings. The molecule has 1 aliphatic heterocycles. The van der Waals surface area contributed by atoms with E-state index in [4.69, 9.17) is 21.7 Å². The maximum Gasteiger partial charge on any atom is 0.263 e. The molecule has 1 heterocycles. The molecule has 134 valence electrons. The fourth-order valence-electron chi connectivity index (χ4n) is 2.27. The second-order valence-electron chi connectivity index (χ2n) is 5.96. The van der Waals surface area contributed by atoms with Crippen LogP contribution < -0.4 is 14.8 Å². The number of benzene rings is 2. The van der Waals surface area contributed by atoms with E-state index in [1.165, 1.54) is 11.8 Å². The normalized spacial score (nSPS) is 16.4. The highest BCUT2D eigenvalue weighted by molar-refractivity contribution is 8.26. The smallest absolute Gasteiger partial charge is 0.263 e. The molecule has 0 radical (unpaired) electrons. The Bertz CT molecular complexity index is 804. The standard InChI is InChI=1S/C20H19NO3S2/c1-14(12-23-16-5-3-2-4-6-16)13-24-17-9-7-15(8-10-17)11-18-19(22)21-20(25)26-18/h2-11,14H,12-13H2,1H3,(H,21,22,25)/b18-11+. The predicted molar refractivity (Wildman–Crippen MR) is 109 cm³/mol. The van der Waals surface area contributed by atoms with Crippen molar-refractivity contribution in [2.45, 2.75) is 6.92 Å². The summed E-state index contributed by atoms with van der Waals surface area (Å²) in [5.41, 5.74) is 0.931. The lowest BCUT2D eigenvalue weighted by Gasteiger charge is -2.14. The molecule has 2 aromatic rings. The molecule has 1 atom stereocenters. The number of hydrogen-bond acceptors (Lipinski definition) is 5. The van der Waals surface area contributed by atoms with Crippen molar-refractivity contribution in [3.05, 3.63) is 65.1 Å². The maximum atomic E-state index is 11.7. The zero-order valence-electron chi connectivity index (χ0n) is 14.3. The van der Waals surface area contributed by atoms with Crippen molar-refractivity contribution in [2.75, 3.05) is 13.2 Å². The number of para-hydroxylation sites is 1. The van der Waals surface area contributed by atoms with Gasteiger partial charge in [-0.25, -0.2) is 0 Å². The summed E-state index contributed by atoms with van der Waals surface area (Å²) in [4.78, 5) is 12.3. The number of thioether (sulfide) groups is 1. The van der Waals surface area contributed by atoms with Crippen LogP contribution in [0.25, 0.3) is 6.08 Å². The van der Waals surface area contributed by atoms with Gasteiger partial charge in [0.2, 0.25) is 0 Å². The predicted octanol–water partition coefficient (Wildman–Crippen LogP) is 4.27. The van der Waals surface area contributed by atoms with Crippen LogP contribution in [0.5, 0.6) is 11.5 Å². The van der Waals surface area contributed by atoms with Gasteiger partial charge in [-0.2, -0.15) is 0 Å². The lowest BCUT2D eigenvalue weighted by Crippen LogP contribution is -2.17. The van der Waals surface area contributed by atoms with Crippen molar-refractivity contribution in [1.82, 2.24) is 5.32 Å². The van der Waals surface area contributed by atoms with Crippen LogP contribution in [0.15, 0.2) is 59.5 Å². The minimum atomic E-state index is -0.146. The Kier molecular flexibility index (Phi) is 6.30. The number of rotatable bonds is 7. The lowest BCUT2D eigenvalue weighted by atomic mass is 10.2. The first-order valence-electron chi connectivity index (χ1n) is 8.26. The summed E-state index contributed by atoms with van der Waals surface area (Å²) >= 11 is 6.26. The summed E-state index contributed by atoms with van der Waals surface area (Å²) in [5.74, 6) is 1.77. The van der Waals surface area contributed by atoms with Crippen molar-refractivity contribution < 1.29 is 14.3 Å². The molecule has 1 unspecified atom stereocenters. The molecule has 26 heavy (non-hydrogen) atoms. The zero-order valence-corrected chi connectivity index (χ0v) is 15.9. The van der Waals surface area contributed by atoms with Crippen molar-refractivity contribution in [2.24, 2.45) is 5.92 Å². The fraction of sp³-hybridized carbons (Fsp3) is 0.200. The number of thiocarbonyl (C=S) groups is 1. The van der Waals surface area contributed by atoms with Gasteiger partial charge in [0.05, 0.1) is 18.1 Å². The van der Waals surface area contributed by atoms with Gasteiger partial charge < -0.3 is 14.8 Å². The number of amides is 1. The summed E-state index contributed by atoms with van der Waals surface area (Å²) in [5, 5.41) is 2.61. The van der Waals surface area contributed by atoms with Crippen molar-refractivity contribution in [1.29, 1.82) is 0 Å². The maximum absolute atomic E-state index is 11.7. The summed E-state index contributed by atoms with van der Waals surface area (Å²) in [6.07, 6.45) is 1.82. The van der Waals surface area contributed by atoms with E-state index in [1.807, 2.05) is 60.7 Å². The molecular formula is C20H19NO3S2. The third-order valence-corrected chi connectivity index (χ3v) is 4.79. The van der Waals surface area contributed by atoms with Crippen LogP contribution >= 0.6 is 24.0 Å². The van der Waals surface area contributed by atoms with E-state index >= 15 is 0 Å². The van der Waals surface area contributed by atoms with Crippen LogP contribution in [0, 0.1) is 5.92 Å². The van der Waals surface area contributed by atoms with Crippen LogP contribution in [0.2, 0.25) is 0 Å². The molecule has 2 aromatic carbocycles. The molecule has 3 rings (SSSR count). The summed E-state index contributed by atoms with van der Waals surface area (Å²) in [6, 6.07) is 17.4. The molecule has 1 N–H and O–H groups in total. The van der Waals surface area contributed by atoms with Gasteiger partial charge in [0.1, 0.15) is 15.8 Å². The van der Waals surface area contributed by atoms with E-state index in [9.17, 15) is 4.79 Å². The second kappa shape index (κ2) is 8.87. The first kappa shape index (κ1) is 18.5. The second-order valence-corrected chi connectivity index (χ2v) is 7.68. The number of carbonyl (C=O) groups is 1. The highest BCUT2D eigenvalue weighted by Crippen LogP contribution is 2.26. The summed E-state index contributed by atoms with van der Waals surface area (Å²) in [7, 11) is 0. The molecule has 1 amide bonds. The highest BCUT2D eigenvalue weighted by Gasteiger charge is 2.21. The van der Waals surface area contributed by atoms with Gasteiger partial charge in [0.15, 0.2) is 0 Å². The molecule has 0 saturated carbocycles. The van der Waals surface area contributed by atoms with E-state index < -0.39 is 0 Å². The topological polar surface area (TPSA) is 47.6 Å². The third-order valence-electron chi connectivity index (χ3n) is 3.63. The largest absolute Gasteiger partial charge is 0.493 e. The number of hydrogen-bond donors (Lipinski definition) is 1. The zero-order chi connectivity index (χ0) is 18.4. The van der Waals surface area contributed by atoms with Gasteiger partial charge in [0.25, 0.3) is 5.91 Å². The lowest BCUT2D eigenvalue weighted by molar-refractivity contribution is -0.115. The Hall–Kier alpha value is -2.31. The van der Waals surface area contributed by atoms with E-state index in [0.717, 1.165) is 17.1 Å². The molecule has 0 spiro atoms. The molecule has 6 heteroatoms. The third kappa shape index (κ3) is 5.34. The van der Waals surface area contributed by atoms with Crippen molar-refractivity contribution in [3.8, 4) is 11.5 Å². The molecule has 0 aromatic heterocycles. The van der Waals surface area contributed by atoms with Gasteiger partial charge >= 0.3 is 0 Å². The number of carbonyl (C=O) groups excluding carboxylic acids is 1. The number of nitrogens with one attached hydrogen (secondary N) is 1. The Balaban J connectivity index is 1.47. The number of ether oxygens (including phenoxy) is 2. The van der Waals surface area contributed by atoms with E-state index in [-0.39, 0.29) is 11.8 Å². The van der Waals surface area contributed by atoms with Crippen LogP contribution in [0.3, 0.4) is 0 Å². The molecule has 4 nitrogen and oxygen atoms in total. The minimum Gasteiger partial charge on any atom is -0.493 e. The average Bonchev–Trinajstić information content (AvgIpc) is 2.97. The Labute approximate surface area is 162 Å². The molecule has 1 aliphatic rings. The Morgan fingerprint density at radius 1 is 1.04 bits per heavy atom. The van der Waals surface area contributed by atoms with Gasteiger partial charge in [-0.1, -0.05) is 61.2 Å². The monoisotopic (exact) mass is 385 g/mol. The van der Waals surface area contributed by atoms with Crippen molar-refractivity contribution in [3.63, 3.8) is 0 Å². The first-order valence-corrected chi connectivity index (χ1v) is 9.48. The SMILES string of the molecule is CC(COc1ccccc1)COc1ccc(/C=C2/SC(=S)NC2=O)cc1. The highest BCUT2D eigenvalue weighted by atomic mass is 32.2. The molecule has 0 aliphatic carbocycles. The van der Waals surface area contributed by atoms with Gasteiger partial charge in [-0.05, 0) is 35.9 Å². The fourth-order valence-corrected chi connectivity index (χ4v) is 3.32.